The number of pyridine rings is 1. The Labute approximate surface area is 144 Å². The van der Waals surface area contributed by atoms with Crippen molar-refractivity contribution in [1.29, 1.82) is 0 Å². The minimum absolute atomic E-state index is 0.103. The van der Waals surface area contributed by atoms with E-state index in [9.17, 15) is 0 Å². The van der Waals surface area contributed by atoms with Crippen molar-refractivity contribution in [3.63, 3.8) is 0 Å². The average Bonchev–Trinajstić information content (AvgIpc) is 3.19. The van der Waals surface area contributed by atoms with Crippen molar-refractivity contribution in [1.82, 2.24) is 14.8 Å². The maximum atomic E-state index is 6.35. The summed E-state index contributed by atoms with van der Waals surface area (Å²) in [6.45, 7) is 9.09. The molecule has 0 unspecified atom stereocenters. The third kappa shape index (κ3) is 3.97. The van der Waals surface area contributed by atoms with E-state index >= 15 is 0 Å². The van der Waals surface area contributed by atoms with Gasteiger partial charge in [-0.15, -0.1) is 0 Å². The molecule has 5 nitrogen and oxygen atoms in total. The lowest BCUT2D eigenvalue weighted by atomic mass is 9.93. The SMILES string of the molecule is c1cc(CN2CCOC[C@]3(C[C@H](CN4CCCC4)CO3)C2)ccn1. The summed E-state index contributed by atoms with van der Waals surface area (Å²) in [5.74, 6) is 0.660. The number of aromatic nitrogens is 1. The highest BCUT2D eigenvalue weighted by Gasteiger charge is 2.43. The molecule has 1 aromatic rings. The molecule has 4 rings (SSSR count). The molecule has 0 aromatic carbocycles. The fourth-order valence-electron chi connectivity index (χ4n) is 4.46. The standard InChI is InChI=1S/C19H29N3O2/c1-2-8-21(7-1)13-18-11-19(24-14-18)15-22(9-10-23-16-19)12-17-3-5-20-6-4-17/h3-6,18H,1-2,7-16H2/t18-,19+/m1/s1. The summed E-state index contributed by atoms with van der Waals surface area (Å²) >= 11 is 0. The van der Waals surface area contributed by atoms with Crippen LogP contribution in [0, 0.1) is 5.92 Å². The minimum atomic E-state index is -0.103. The normalized spacial score (nSPS) is 32.4. The molecule has 24 heavy (non-hydrogen) atoms. The number of hydrogen-bond donors (Lipinski definition) is 0. The molecule has 0 aliphatic carbocycles. The number of likely N-dealkylation sites (tertiary alicyclic amines) is 1. The van der Waals surface area contributed by atoms with Crippen molar-refractivity contribution in [2.45, 2.75) is 31.4 Å². The number of hydrogen-bond acceptors (Lipinski definition) is 5. The Morgan fingerprint density at radius 1 is 1.12 bits per heavy atom. The van der Waals surface area contributed by atoms with Gasteiger partial charge in [0, 0.05) is 38.6 Å². The zero-order valence-electron chi connectivity index (χ0n) is 14.5. The molecule has 3 aliphatic heterocycles. The second-order valence-electron chi connectivity index (χ2n) is 7.69. The average molecular weight is 331 g/mol. The van der Waals surface area contributed by atoms with Gasteiger partial charge >= 0.3 is 0 Å². The molecule has 3 saturated heterocycles. The Hall–Kier alpha value is -1.01. The van der Waals surface area contributed by atoms with Crippen LogP contribution in [0.2, 0.25) is 0 Å². The number of rotatable bonds is 4. The fourth-order valence-corrected chi connectivity index (χ4v) is 4.46. The lowest BCUT2D eigenvalue weighted by Gasteiger charge is -2.31. The summed E-state index contributed by atoms with van der Waals surface area (Å²) in [5, 5.41) is 0. The Balaban J connectivity index is 1.37. The topological polar surface area (TPSA) is 37.8 Å². The van der Waals surface area contributed by atoms with Gasteiger partial charge in [-0.3, -0.25) is 9.88 Å². The lowest BCUT2D eigenvalue weighted by molar-refractivity contribution is -0.0563. The minimum Gasteiger partial charge on any atom is -0.377 e. The van der Waals surface area contributed by atoms with E-state index in [4.69, 9.17) is 9.47 Å². The maximum absolute atomic E-state index is 6.35. The van der Waals surface area contributed by atoms with Gasteiger partial charge in [0.05, 0.1) is 19.8 Å². The van der Waals surface area contributed by atoms with Crippen LogP contribution >= 0.6 is 0 Å². The van der Waals surface area contributed by atoms with Gasteiger partial charge in [0.1, 0.15) is 5.60 Å². The predicted molar refractivity (Wildman–Crippen MR) is 92.8 cm³/mol. The van der Waals surface area contributed by atoms with Crippen LogP contribution < -0.4 is 0 Å². The summed E-state index contributed by atoms with van der Waals surface area (Å²) in [5.41, 5.74) is 1.21. The molecule has 132 valence electrons. The molecular formula is C19H29N3O2. The highest BCUT2D eigenvalue weighted by molar-refractivity contribution is 5.10. The molecule has 0 saturated carbocycles. The Kier molecular flexibility index (Phi) is 5.13. The Morgan fingerprint density at radius 3 is 2.79 bits per heavy atom. The fraction of sp³-hybridized carbons (Fsp3) is 0.737. The zero-order valence-corrected chi connectivity index (χ0v) is 14.5. The van der Waals surface area contributed by atoms with Crippen LogP contribution in [0.5, 0.6) is 0 Å². The van der Waals surface area contributed by atoms with E-state index in [0.29, 0.717) is 5.92 Å². The predicted octanol–water partition coefficient (Wildman–Crippen LogP) is 1.78. The lowest BCUT2D eigenvalue weighted by Crippen LogP contribution is -2.44. The smallest absolute Gasteiger partial charge is 0.104 e. The van der Waals surface area contributed by atoms with Crippen molar-refractivity contribution < 1.29 is 9.47 Å². The van der Waals surface area contributed by atoms with E-state index in [-0.39, 0.29) is 5.60 Å². The molecule has 0 amide bonds. The molecule has 0 N–H and O–H groups in total. The van der Waals surface area contributed by atoms with E-state index in [1.54, 1.807) is 0 Å². The molecule has 1 spiro atoms. The first-order chi connectivity index (χ1) is 11.8. The summed E-state index contributed by atoms with van der Waals surface area (Å²) in [6, 6.07) is 4.20. The largest absolute Gasteiger partial charge is 0.377 e. The third-order valence-corrected chi connectivity index (χ3v) is 5.59. The van der Waals surface area contributed by atoms with Gasteiger partial charge in [-0.1, -0.05) is 0 Å². The quantitative estimate of drug-likeness (QED) is 0.841. The van der Waals surface area contributed by atoms with Gasteiger partial charge < -0.3 is 14.4 Å². The first-order valence-electron chi connectivity index (χ1n) is 9.37. The summed E-state index contributed by atoms with van der Waals surface area (Å²) in [4.78, 5) is 9.21. The Bertz CT molecular complexity index is 521. The van der Waals surface area contributed by atoms with E-state index in [0.717, 1.165) is 45.9 Å². The summed E-state index contributed by atoms with van der Waals surface area (Å²) < 4.78 is 12.3. The van der Waals surface area contributed by atoms with Crippen molar-refractivity contribution in [2.75, 3.05) is 52.5 Å². The maximum Gasteiger partial charge on any atom is 0.104 e. The van der Waals surface area contributed by atoms with Crippen LogP contribution in [0.25, 0.3) is 0 Å². The van der Waals surface area contributed by atoms with Crippen LogP contribution in [-0.4, -0.2) is 72.9 Å². The molecule has 4 heterocycles. The van der Waals surface area contributed by atoms with Crippen LogP contribution in [-0.2, 0) is 16.0 Å². The van der Waals surface area contributed by atoms with Crippen LogP contribution in [0.4, 0.5) is 0 Å². The second-order valence-corrected chi connectivity index (χ2v) is 7.69. The molecular weight excluding hydrogens is 302 g/mol. The van der Waals surface area contributed by atoms with Gasteiger partial charge in [-0.25, -0.2) is 0 Å². The first-order valence-corrected chi connectivity index (χ1v) is 9.37. The Morgan fingerprint density at radius 2 is 1.96 bits per heavy atom. The summed E-state index contributed by atoms with van der Waals surface area (Å²) in [7, 11) is 0. The first kappa shape index (κ1) is 16.5. The van der Waals surface area contributed by atoms with Gasteiger partial charge in [-0.05, 0) is 56.0 Å². The highest BCUT2D eigenvalue weighted by atomic mass is 16.5. The van der Waals surface area contributed by atoms with Crippen molar-refractivity contribution in [3.8, 4) is 0 Å². The van der Waals surface area contributed by atoms with E-state index in [1.165, 1.54) is 38.0 Å². The van der Waals surface area contributed by atoms with Crippen LogP contribution in [0.1, 0.15) is 24.8 Å². The number of nitrogens with zero attached hydrogens (tertiary/aromatic N) is 3. The van der Waals surface area contributed by atoms with Crippen molar-refractivity contribution >= 4 is 0 Å². The molecule has 3 fully saturated rings. The van der Waals surface area contributed by atoms with E-state index in [1.807, 2.05) is 12.4 Å². The molecule has 2 atom stereocenters. The molecule has 0 radical (unpaired) electrons. The second kappa shape index (κ2) is 7.48. The highest BCUT2D eigenvalue weighted by Crippen LogP contribution is 2.34. The molecule has 1 aromatic heterocycles. The molecule has 5 heteroatoms. The zero-order chi connectivity index (χ0) is 16.2. The van der Waals surface area contributed by atoms with Crippen LogP contribution in [0.15, 0.2) is 24.5 Å². The molecule has 0 bridgehead atoms. The van der Waals surface area contributed by atoms with Gasteiger partial charge in [0.2, 0.25) is 0 Å². The van der Waals surface area contributed by atoms with Gasteiger partial charge in [0.15, 0.2) is 0 Å². The van der Waals surface area contributed by atoms with E-state index < -0.39 is 0 Å². The van der Waals surface area contributed by atoms with Crippen molar-refractivity contribution in [2.24, 2.45) is 5.92 Å². The monoisotopic (exact) mass is 331 g/mol. The third-order valence-electron chi connectivity index (χ3n) is 5.59. The number of ether oxygens (including phenoxy) is 2. The summed E-state index contributed by atoms with van der Waals surface area (Å²) in [6.07, 6.45) is 7.61. The van der Waals surface area contributed by atoms with Crippen LogP contribution in [0.3, 0.4) is 0 Å². The van der Waals surface area contributed by atoms with E-state index in [2.05, 4.69) is 26.9 Å². The van der Waals surface area contributed by atoms with Gasteiger partial charge in [-0.2, -0.15) is 0 Å². The molecule has 3 aliphatic rings. The van der Waals surface area contributed by atoms with Crippen molar-refractivity contribution in [3.05, 3.63) is 30.1 Å². The van der Waals surface area contributed by atoms with Gasteiger partial charge in [0.25, 0.3) is 0 Å².